The van der Waals surface area contributed by atoms with Crippen LogP contribution in [0.4, 0.5) is 0 Å². The third kappa shape index (κ3) is 3.59. The maximum absolute atomic E-state index is 12.4. The molecule has 1 saturated carbocycles. The van der Waals surface area contributed by atoms with Gasteiger partial charge in [0.25, 0.3) is 5.91 Å². The molecule has 5 nitrogen and oxygen atoms in total. The minimum Gasteiger partial charge on any atom is -0.465 e. The van der Waals surface area contributed by atoms with Gasteiger partial charge in [-0.05, 0) is 44.4 Å². The summed E-state index contributed by atoms with van der Waals surface area (Å²) in [7, 11) is 0. The second-order valence-corrected chi connectivity index (χ2v) is 7.19. The highest BCUT2D eigenvalue weighted by atomic mass is 32.1. The summed E-state index contributed by atoms with van der Waals surface area (Å²) >= 11 is 1.45. The Hall–Kier alpha value is -1.95. The molecule has 128 valence electrons. The van der Waals surface area contributed by atoms with E-state index in [1.165, 1.54) is 11.3 Å². The smallest absolute Gasteiger partial charge is 0.326 e. The first-order valence-electron chi connectivity index (χ1n) is 8.42. The first-order valence-corrected chi connectivity index (χ1v) is 9.24. The summed E-state index contributed by atoms with van der Waals surface area (Å²) in [6.07, 6.45) is 4.04. The molecule has 0 radical (unpaired) electrons. The van der Waals surface area contributed by atoms with Crippen molar-refractivity contribution < 1.29 is 14.3 Å². The van der Waals surface area contributed by atoms with Gasteiger partial charge in [0.05, 0.1) is 16.8 Å². The molecular formula is C18H22N2O3S. The Bertz CT molecular complexity index is 828. The van der Waals surface area contributed by atoms with Crippen molar-refractivity contribution in [2.24, 2.45) is 10.9 Å². The summed E-state index contributed by atoms with van der Waals surface area (Å²) in [5, 5.41) is 0. The highest BCUT2D eigenvalue weighted by Crippen LogP contribution is 2.26. The number of hydrogen-bond acceptors (Lipinski definition) is 4. The molecule has 1 fully saturated rings. The maximum atomic E-state index is 12.4. The molecule has 0 bridgehead atoms. The second kappa shape index (κ2) is 7.30. The quantitative estimate of drug-likeness (QED) is 0.799. The minimum atomic E-state index is -0.312. The van der Waals surface area contributed by atoms with Gasteiger partial charge in [0.1, 0.15) is 6.54 Å². The average molecular weight is 346 g/mol. The number of fused-ring (bicyclic) bond motifs is 1. The van der Waals surface area contributed by atoms with E-state index in [0.29, 0.717) is 11.4 Å². The van der Waals surface area contributed by atoms with Gasteiger partial charge < -0.3 is 9.30 Å². The van der Waals surface area contributed by atoms with Crippen LogP contribution in [0.2, 0.25) is 0 Å². The highest BCUT2D eigenvalue weighted by Gasteiger charge is 2.22. The fourth-order valence-corrected chi connectivity index (χ4v) is 4.25. The topological polar surface area (TPSA) is 60.7 Å². The minimum absolute atomic E-state index is 0.0352. The number of carbonyl (C=O) groups excluding carboxylic acids is 2. The lowest BCUT2D eigenvalue weighted by Gasteiger charge is -2.06. The van der Waals surface area contributed by atoms with Crippen molar-refractivity contribution in [1.82, 2.24) is 4.57 Å². The lowest BCUT2D eigenvalue weighted by Crippen LogP contribution is -2.24. The van der Waals surface area contributed by atoms with Gasteiger partial charge in [-0.3, -0.25) is 9.59 Å². The molecule has 3 rings (SSSR count). The Morgan fingerprint density at radius 2 is 2.08 bits per heavy atom. The first kappa shape index (κ1) is 16.9. The van der Waals surface area contributed by atoms with Crippen molar-refractivity contribution in [1.29, 1.82) is 0 Å². The number of benzene rings is 1. The molecule has 0 saturated heterocycles. The fraction of sp³-hybridized carbons (Fsp3) is 0.500. The van der Waals surface area contributed by atoms with E-state index in [1.54, 1.807) is 11.5 Å². The van der Waals surface area contributed by atoms with Crippen LogP contribution in [0.15, 0.2) is 23.2 Å². The number of hydrogen-bond donors (Lipinski definition) is 0. The summed E-state index contributed by atoms with van der Waals surface area (Å²) in [5.41, 5.74) is 2.05. The van der Waals surface area contributed by atoms with Gasteiger partial charge in [-0.25, -0.2) is 0 Å². The third-order valence-corrected chi connectivity index (χ3v) is 5.38. The number of aryl methyl sites for hydroxylation is 1. The van der Waals surface area contributed by atoms with E-state index in [1.807, 2.05) is 19.1 Å². The first-order chi connectivity index (χ1) is 11.6. The van der Waals surface area contributed by atoms with Gasteiger partial charge in [-0.1, -0.05) is 30.2 Å². The molecule has 1 heterocycles. The van der Waals surface area contributed by atoms with Crippen molar-refractivity contribution in [3.05, 3.63) is 28.6 Å². The van der Waals surface area contributed by atoms with Crippen LogP contribution >= 0.6 is 11.3 Å². The zero-order valence-electron chi connectivity index (χ0n) is 14.1. The number of aromatic nitrogens is 1. The number of amides is 1. The Labute approximate surface area is 145 Å². The van der Waals surface area contributed by atoms with Gasteiger partial charge in [0.2, 0.25) is 0 Å². The fourth-order valence-electron chi connectivity index (χ4n) is 3.11. The molecular weight excluding hydrogens is 324 g/mol. The van der Waals surface area contributed by atoms with Crippen molar-refractivity contribution in [2.75, 3.05) is 6.61 Å². The molecule has 24 heavy (non-hydrogen) atoms. The number of rotatable bonds is 4. The van der Waals surface area contributed by atoms with E-state index in [4.69, 9.17) is 4.74 Å². The molecule has 1 aliphatic rings. The number of thiazole rings is 1. The van der Waals surface area contributed by atoms with Crippen molar-refractivity contribution in [3.63, 3.8) is 0 Å². The number of ether oxygens (including phenoxy) is 1. The van der Waals surface area contributed by atoms with Crippen LogP contribution in [-0.2, 0) is 20.9 Å². The van der Waals surface area contributed by atoms with Crippen LogP contribution in [0, 0.1) is 12.8 Å². The van der Waals surface area contributed by atoms with Gasteiger partial charge in [0.15, 0.2) is 4.80 Å². The highest BCUT2D eigenvalue weighted by molar-refractivity contribution is 7.16. The standard InChI is InChI=1S/C18H22N2O3S/c1-3-23-16(21)11-20-14-9-8-12(2)10-15(14)24-18(20)19-17(22)13-6-4-5-7-13/h8-10,13H,3-7,11H2,1-2H3. The summed E-state index contributed by atoms with van der Waals surface area (Å²) in [6, 6.07) is 6.03. The second-order valence-electron chi connectivity index (χ2n) is 6.18. The monoisotopic (exact) mass is 346 g/mol. The van der Waals surface area contributed by atoms with Crippen molar-refractivity contribution in [3.8, 4) is 0 Å². The van der Waals surface area contributed by atoms with E-state index in [9.17, 15) is 9.59 Å². The normalized spacial score (nSPS) is 16.0. The number of nitrogens with zero attached hydrogens (tertiary/aromatic N) is 2. The Kier molecular flexibility index (Phi) is 5.14. The summed E-state index contributed by atoms with van der Waals surface area (Å²) in [5.74, 6) is -0.339. The molecule has 6 heteroatoms. The van der Waals surface area contributed by atoms with Crippen LogP contribution in [0.25, 0.3) is 10.2 Å². The zero-order chi connectivity index (χ0) is 17.1. The van der Waals surface area contributed by atoms with E-state index in [0.717, 1.165) is 41.5 Å². The number of carbonyl (C=O) groups is 2. The van der Waals surface area contributed by atoms with Gasteiger partial charge in [-0.2, -0.15) is 4.99 Å². The molecule has 1 aromatic heterocycles. The van der Waals surface area contributed by atoms with Crippen LogP contribution in [0.5, 0.6) is 0 Å². The van der Waals surface area contributed by atoms with E-state index in [-0.39, 0.29) is 24.3 Å². The van der Waals surface area contributed by atoms with Gasteiger partial charge in [-0.15, -0.1) is 0 Å². The summed E-state index contributed by atoms with van der Waals surface area (Å²) in [4.78, 5) is 29.3. The Morgan fingerprint density at radius 3 is 2.79 bits per heavy atom. The molecule has 0 spiro atoms. The van der Waals surface area contributed by atoms with Gasteiger partial charge >= 0.3 is 5.97 Å². The summed E-state index contributed by atoms with van der Waals surface area (Å²) in [6.45, 7) is 4.23. The molecule has 1 aromatic carbocycles. The molecule has 2 aromatic rings. The molecule has 0 atom stereocenters. The molecule has 0 N–H and O–H groups in total. The van der Waals surface area contributed by atoms with E-state index >= 15 is 0 Å². The molecule has 1 amide bonds. The van der Waals surface area contributed by atoms with Crippen molar-refractivity contribution in [2.45, 2.75) is 46.1 Å². The predicted octanol–water partition coefficient (Wildman–Crippen LogP) is 3.19. The van der Waals surface area contributed by atoms with Crippen LogP contribution in [-0.4, -0.2) is 23.1 Å². The number of esters is 1. The molecule has 1 aliphatic carbocycles. The zero-order valence-corrected chi connectivity index (χ0v) is 14.9. The lowest BCUT2D eigenvalue weighted by atomic mass is 10.1. The van der Waals surface area contributed by atoms with E-state index < -0.39 is 0 Å². The van der Waals surface area contributed by atoms with Gasteiger partial charge in [0, 0.05) is 5.92 Å². The molecule has 0 aliphatic heterocycles. The largest absolute Gasteiger partial charge is 0.465 e. The third-order valence-electron chi connectivity index (χ3n) is 4.34. The molecule has 0 unspecified atom stereocenters. The maximum Gasteiger partial charge on any atom is 0.326 e. The SMILES string of the molecule is CCOC(=O)Cn1c(=NC(=O)C2CCCC2)sc2cc(C)ccc21. The van der Waals surface area contributed by atoms with E-state index in [2.05, 4.69) is 11.1 Å². The van der Waals surface area contributed by atoms with Crippen molar-refractivity contribution >= 4 is 33.4 Å². The Morgan fingerprint density at radius 1 is 1.33 bits per heavy atom. The lowest BCUT2D eigenvalue weighted by molar-refractivity contribution is -0.143. The van der Waals surface area contributed by atoms with Crippen LogP contribution in [0.1, 0.15) is 38.2 Å². The summed E-state index contributed by atoms with van der Waals surface area (Å²) < 4.78 is 7.89. The average Bonchev–Trinajstić information content (AvgIpc) is 3.16. The Balaban J connectivity index is 2.04. The predicted molar refractivity (Wildman–Crippen MR) is 93.7 cm³/mol. The van der Waals surface area contributed by atoms with Crippen LogP contribution < -0.4 is 4.80 Å². The van der Waals surface area contributed by atoms with Crippen LogP contribution in [0.3, 0.4) is 0 Å².